The Morgan fingerprint density at radius 2 is 1.54 bits per heavy atom. The van der Waals surface area contributed by atoms with Gasteiger partial charge in [0.1, 0.15) is 0 Å². The van der Waals surface area contributed by atoms with E-state index >= 15 is 0 Å². The zero-order valence-electron chi connectivity index (χ0n) is 15.1. The second-order valence-corrected chi connectivity index (χ2v) is 6.30. The van der Waals surface area contributed by atoms with Crippen molar-refractivity contribution in [2.45, 2.75) is 19.8 Å². The summed E-state index contributed by atoms with van der Waals surface area (Å²) in [5.41, 5.74) is 6.45. The first-order valence-corrected chi connectivity index (χ1v) is 9.08. The molecule has 0 heterocycles. The monoisotopic (exact) mass is 341 g/mol. The molecule has 0 amide bonds. The zero-order valence-corrected chi connectivity index (χ0v) is 15.1. The van der Waals surface area contributed by atoms with Gasteiger partial charge in [-0.25, -0.2) is 0 Å². The van der Waals surface area contributed by atoms with Gasteiger partial charge in [-0.1, -0.05) is 67.6 Å². The second kappa shape index (κ2) is 8.99. The standard InChI is InChI=1S/C24H23NO/c1-2-15-26-16-14-19-8-11-22(12-9-19)24-17-20(18-25)10-13-23(24)21-6-4-3-5-7-21/h3-13,17H,2,14-16H2,1H3. The lowest BCUT2D eigenvalue weighted by Gasteiger charge is -2.12. The lowest BCUT2D eigenvalue weighted by molar-refractivity contribution is 0.138. The molecule has 0 aliphatic rings. The average molecular weight is 341 g/mol. The maximum Gasteiger partial charge on any atom is 0.0991 e. The lowest BCUT2D eigenvalue weighted by atomic mass is 9.92. The second-order valence-electron chi connectivity index (χ2n) is 6.30. The van der Waals surface area contributed by atoms with Crippen molar-refractivity contribution in [3.8, 4) is 28.3 Å². The first kappa shape index (κ1) is 17.9. The Balaban J connectivity index is 1.89. The number of hydrogen-bond donors (Lipinski definition) is 0. The molecule has 0 aromatic heterocycles. The number of ether oxygens (including phenoxy) is 1. The predicted molar refractivity (Wildman–Crippen MR) is 107 cm³/mol. The maximum absolute atomic E-state index is 9.29. The van der Waals surface area contributed by atoms with Crippen LogP contribution in [0.2, 0.25) is 0 Å². The van der Waals surface area contributed by atoms with Crippen LogP contribution in [0, 0.1) is 11.3 Å². The third kappa shape index (κ3) is 4.39. The molecule has 2 nitrogen and oxygen atoms in total. The fourth-order valence-electron chi connectivity index (χ4n) is 3.01. The smallest absolute Gasteiger partial charge is 0.0991 e. The van der Waals surface area contributed by atoms with Crippen molar-refractivity contribution in [1.29, 1.82) is 5.26 Å². The number of nitrogens with zero attached hydrogens (tertiary/aromatic N) is 1. The molecule has 3 aromatic rings. The Labute approximate surface area is 155 Å². The zero-order chi connectivity index (χ0) is 18.2. The van der Waals surface area contributed by atoms with Gasteiger partial charge in [0.25, 0.3) is 0 Å². The highest BCUT2D eigenvalue weighted by Crippen LogP contribution is 2.33. The predicted octanol–water partition coefficient (Wildman–Crippen LogP) is 5.86. The van der Waals surface area contributed by atoms with E-state index < -0.39 is 0 Å². The summed E-state index contributed by atoms with van der Waals surface area (Å²) in [4.78, 5) is 0. The molecule has 26 heavy (non-hydrogen) atoms. The van der Waals surface area contributed by atoms with Crippen molar-refractivity contribution in [3.05, 3.63) is 83.9 Å². The SMILES string of the molecule is CCCOCCc1ccc(-c2cc(C#N)ccc2-c2ccccc2)cc1. The first-order valence-electron chi connectivity index (χ1n) is 9.08. The van der Waals surface area contributed by atoms with Crippen molar-refractivity contribution >= 4 is 0 Å². The van der Waals surface area contributed by atoms with Gasteiger partial charge in [-0.05, 0) is 52.8 Å². The van der Waals surface area contributed by atoms with Gasteiger partial charge in [0, 0.05) is 6.61 Å². The van der Waals surface area contributed by atoms with Gasteiger partial charge in [0.2, 0.25) is 0 Å². The molecule has 0 fully saturated rings. The van der Waals surface area contributed by atoms with E-state index in [0.29, 0.717) is 5.56 Å². The number of nitriles is 1. The highest BCUT2D eigenvalue weighted by molar-refractivity contribution is 5.84. The minimum atomic E-state index is 0.678. The molecule has 0 unspecified atom stereocenters. The molecule has 0 atom stereocenters. The summed E-state index contributed by atoms with van der Waals surface area (Å²) in [7, 11) is 0. The molecule has 3 aromatic carbocycles. The fraction of sp³-hybridized carbons (Fsp3) is 0.208. The molecule has 130 valence electrons. The van der Waals surface area contributed by atoms with Crippen molar-refractivity contribution < 1.29 is 4.74 Å². The Morgan fingerprint density at radius 1 is 0.808 bits per heavy atom. The van der Waals surface area contributed by atoms with Crippen LogP contribution in [0.5, 0.6) is 0 Å². The number of benzene rings is 3. The molecule has 0 spiro atoms. The van der Waals surface area contributed by atoms with Gasteiger partial charge in [-0.2, -0.15) is 5.26 Å². The van der Waals surface area contributed by atoms with Gasteiger partial charge in [0.15, 0.2) is 0 Å². The Kier molecular flexibility index (Phi) is 6.19. The summed E-state index contributed by atoms with van der Waals surface area (Å²) in [5, 5.41) is 9.29. The molecule has 0 radical (unpaired) electrons. The van der Waals surface area contributed by atoms with E-state index in [0.717, 1.165) is 48.3 Å². The van der Waals surface area contributed by atoms with Crippen LogP contribution in [0.3, 0.4) is 0 Å². The highest BCUT2D eigenvalue weighted by atomic mass is 16.5. The summed E-state index contributed by atoms with van der Waals surface area (Å²) >= 11 is 0. The van der Waals surface area contributed by atoms with Crippen molar-refractivity contribution in [1.82, 2.24) is 0 Å². The van der Waals surface area contributed by atoms with E-state index in [9.17, 15) is 5.26 Å². The Bertz CT molecular complexity index is 876. The lowest BCUT2D eigenvalue weighted by Crippen LogP contribution is -1.99. The van der Waals surface area contributed by atoms with E-state index in [4.69, 9.17) is 4.74 Å². The molecule has 0 saturated carbocycles. The third-order valence-corrected chi connectivity index (χ3v) is 4.38. The molecule has 3 rings (SSSR count). The molecule has 0 saturated heterocycles. The van der Waals surface area contributed by atoms with Crippen molar-refractivity contribution in [2.75, 3.05) is 13.2 Å². The number of rotatable bonds is 7. The molecule has 2 heteroatoms. The normalized spacial score (nSPS) is 10.5. The molecule has 0 aliphatic heterocycles. The minimum Gasteiger partial charge on any atom is -0.381 e. The van der Waals surface area contributed by atoms with Crippen LogP contribution in [-0.2, 0) is 11.2 Å². The average Bonchev–Trinajstić information content (AvgIpc) is 2.72. The van der Waals surface area contributed by atoms with Crippen LogP contribution in [0.15, 0.2) is 72.8 Å². The van der Waals surface area contributed by atoms with Gasteiger partial charge >= 0.3 is 0 Å². The van der Waals surface area contributed by atoms with Crippen LogP contribution in [0.25, 0.3) is 22.3 Å². The maximum atomic E-state index is 9.29. The molecule has 0 N–H and O–H groups in total. The van der Waals surface area contributed by atoms with Crippen LogP contribution >= 0.6 is 0 Å². The topological polar surface area (TPSA) is 33.0 Å². The first-order chi connectivity index (χ1) is 12.8. The Hall–Kier alpha value is -2.89. The van der Waals surface area contributed by atoms with Crippen LogP contribution in [-0.4, -0.2) is 13.2 Å². The Morgan fingerprint density at radius 3 is 2.23 bits per heavy atom. The highest BCUT2D eigenvalue weighted by Gasteiger charge is 2.09. The van der Waals surface area contributed by atoms with Crippen LogP contribution in [0.1, 0.15) is 24.5 Å². The summed E-state index contributed by atoms with van der Waals surface area (Å²) in [6.45, 7) is 3.69. The van der Waals surface area contributed by atoms with Gasteiger partial charge in [0.05, 0.1) is 18.2 Å². The quantitative estimate of drug-likeness (QED) is 0.504. The minimum absolute atomic E-state index is 0.678. The van der Waals surface area contributed by atoms with Crippen LogP contribution < -0.4 is 0 Å². The third-order valence-electron chi connectivity index (χ3n) is 4.38. The van der Waals surface area contributed by atoms with Gasteiger partial charge in [-0.3, -0.25) is 0 Å². The van der Waals surface area contributed by atoms with E-state index in [1.165, 1.54) is 5.56 Å². The van der Waals surface area contributed by atoms with E-state index in [2.05, 4.69) is 49.4 Å². The summed E-state index contributed by atoms with van der Waals surface area (Å²) < 4.78 is 5.57. The fourth-order valence-corrected chi connectivity index (χ4v) is 3.01. The van der Waals surface area contributed by atoms with Crippen molar-refractivity contribution in [2.24, 2.45) is 0 Å². The summed E-state index contributed by atoms with van der Waals surface area (Å²) in [6, 6.07) is 27.0. The largest absolute Gasteiger partial charge is 0.381 e. The van der Waals surface area contributed by atoms with Crippen LogP contribution in [0.4, 0.5) is 0 Å². The van der Waals surface area contributed by atoms with E-state index in [1.54, 1.807) is 0 Å². The summed E-state index contributed by atoms with van der Waals surface area (Å²) in [6.07, 6.45) is 1.97. The molecular weight excluding hydrogens is 318 g/mol. The van der Waals surface area contributed by atoms with Gasteiger partial charge < -0.3 is 4.74 Å². The van der Waals surface area contributed by atoms with Gasteiger partial charge in [-0.15, -0.1) is 0 Å². The molecule has 0 aliphatic carbocycles. The molecule has 0 bridgehead atoms. The summed E-state index contributed by atoms with van der Waals surface area (Å²) in [5.74, 6) is 0. The van der Waals surface area contributed by atoms with E-state index in [1.807, 2.05) is 36.4 Å². The molecular formula is C24H23NO. The van der Waals surface area contributed by atoms with E-state index in [-0.39, 0.29) is 0 Å². The number of hydrogen-bond acceptors (Lipinski definition) is 2. The van der Waals surface area contributed by atoms with Crippen molar-refractivity contribution in [3.63, 3.8) is 0 Å².